The summed E-state index contributed by atoms with van der Waals surface area (Å²) in [6.07, 6.45) is 5.16. The normalized spacial score (nSPS) is 15.5. The standard InChI is InChI=1S/C28H39N9O2/c1-20(2)36-26(39)23-19-29-27(30-21-10-12-22(13-11-21)35-16-14-33(6)15-17-35)31-25(23)37(36)24(9-8-18-38)32-34(7)28(3,4)5/h8-13,18-20H,14-17H2,1-7H3,(H,29,30,31)/b9-8-,32-24+. The number of piperazine rings is 1. The van der Waals surface area contributed by atoms with E-state index in [0.29, 0.717) is 29.1 Å². The Morgan fingerprint density at radius 3 is 2.38 bits per heavy atom. The first-order valence-electron chi connectivity index (χ1n) is 13.2. The highest BCUT2D eigenvalue weighted by atomic mass is 16.1. The van der Waals surface area contributed by atoms with E-state index in [9.17, 15) is 9.59 Å². The summed E-state index contributed by atoms with van der Waals surface area (Å²) in [5, 5.41) is 10.2. The number of likely N-dealkylation sites (N-methyl/N-ethyl adjacent to an activating group) is 1. The molecule has 0 spiro atoms. The van der Waals surface area contributed by atoms with Crippen molar-refractivity contribution in [3.63, 3.8) is 0 Å². The lowest BCUT2D eigenvalue weighted by Gasteiger charge is -2.34. The molecule has 1 aliphatic rings. The Hall–Kier alpha value is -3.99. The molecule has 2 aromatic heterocycles. The Bertz CT molecular complexity index is 1420. The van der Waals surface area contributed by atoms with E-state index in [1.807, 2.05) is 53.8 Å². The molecule has 0 aliphatic carbocycles. The van der Waals surface area contributed by atoms with Gasteiger partial charge < -0.3 is 15.1 Å². The van der Waals surface area contributed by atoms with Crippen LogP contribution in [0.4, 0.5) is 17.3 Å². The van der Waals surface area contributed by atoms with E-state index in [4.69, 9.17) is 10.1 Å². The minimum atomic E-state index is -0.288. The summed E-state index contributed by atoms with van der Waals surface area (Å²) in [5.74, 6) is 0.744. The van der Waals surface area contributed by atoms with E-state index in [1.54, 1.807) is 20.4 Å². The molecule has 0 saturated carbocycles. The van der Waals surface area contributed by atoms with Gasteiger partial charge in [0.25, 0.3) is 5.56 Å². The molecule has 0 radical (unpaired) electrons. The lowest BCUT2D eigenvalue weighted by molar-refractivity contribution is -0.104. The Morgan fingerprint density at radius 2 is 1.79 bits per heavy atom. The molecule has 39 heavy (non-hydrogen) atoms. The third kappa shape index (κ3) is 6.19. The van der Waals surface area contributed by atoms with Gasteiger partial charge in [-0.3, -0.25) is 14.6 Å². The van der Waals surface area contributed by atoms with Gasteiger partial charge in [0.15, 0.2) is 11.5 Å². The van der Waals surface area contributed by atoms with E-state index in [2.05, 4.69) is 39.3 Å². The molecule has 1 aromatic carbocycles. The maximum Gasteiger partial charge on any atom is 0.278 e. The van der Waals surface area contributed by atoms with Crippen LogP contribution in [-0.4, -0.2) is 87.2 Å². The lowest BCUT2D eigenvalue weighted by atomic mass is 10.1. The van der Waals surface area contributed by atoms with Crippen molar-refractivity contribution in [2.24, 2.45) is 5.10 Å². The first kappa shape index (κ1) is 28.0. The molecular formula is C28H39N9O2. The van der Waals surface area contributed by atoms with E-state index >= 15 is 0 Å². The highest BCUT2D eigenvalue weighted by Gasteiger charge is 2.23. The summed E-state index contributed by atoms with van der Waals surface area (Å²) < 4.78 is 3.24. The fourth-order valence-electron chi connectivity index (χ4n) is 4.27. The topological polar surface area (TPSA) is 104 Å². The Labute approximate surface area is 229 Å². The number of carbonyl (C=O) groups is 1. The molecule has 1 fully saturated rings. The van der Waals surface area contributed by atoms with Gasteiger partial charge in [0.1, 0.15) is 11.7 Å². The predicted octanol–water partition coefficient (Wildman–Crippen LogP) is 3.32. The van der Waals surface area contributed by atoms with Crippen LogP contribution in [-0.2, 0) is 4.79 Å². The van der Waals surface area contributed by atoms with Crippen LogP contribution in [0, 0.1) is 0 Å². The SMILES string of the molecule is CC(C)n1c(=O)c2cnc(Nc3ccc(N4CCN(C)CC4)cc3)nc2n1C(/C=C\C=O)=N/N(C)C(C)(C)C. The second-order valence-electron chi connectivity index (χ2n) is 11.1. The number of aldehydes is 1. The highest BCUT2D eigenvalue weighted by Crippen LogP contribution is 2.22. The minimum absolute atomic E-state index is 0.194. The summed E-state index contributed by atoms with van der Waals surface area (Å²) in [6, 6.07) is 8.00. The molecule has 3 aromatic rings. The maximum absolute atomic E-state index is 13.4. The largest absolute Gasteiger partial charge is 0.369 e. The number of fused-ring (bicyclic) bond motifs is 1. The number of allylic oxidation sites excluding steroid dienone is 2. The van der Waals surface area contributed by atoms with Gasteiger partial charge in [-0.25, -0.2) is 14.3 Å². The van der Waals surface area contributed by atoms with Crippen molar-refractivity contribution in [1.29, 1.82) is 0 Å². The Morgan fingerprint density at radius 1 is 1.13 bits per heavy atom. The smallest absolute Gasteiger partial charge is 0.278 e. The second-order valence-corrected chi connectivity index (χ2v) is 11.1. The zero-order valence-electron chi connectivity index (χ0n) is 23.9. The van der Waals surface area contributed by atoms with Crippen LogP contribution in [0.2, 0.25) is 0 Å². The molecule has 0 amide bonds. The van der Waals surface area contributed by atoms with Crippen molar-refractivity contribution in [3.05, 3.63) is 53.0 Å². The number of benzene rings is 1. The molecule has 11 nitrogen and oxygen atoms in total. The molecule has 1 saturated heterocycles. The first-order valence-corrected chi connectivity index (χ1v) is 13.2. The zero-order chi connectivity index (χ0) is 28.3. The third-order valence-corrected chi connectivity index (χ3v) is 6.87. The zero-order valence-corrected chi connectivity index (χ0v) is 23.9. The molecule has 1 N–H and O–H groups in total. The summed E-state index contributed by atoms with van der Waals surface area (Å²) in [7, 11) is 4.00. The number of carbonyl (C=O) groups excluding carboxylic acids is 1. The van der Waals surface area contributed by atoms with Gasteiger partial charge in [-0.2, -0.15) is 10.1 Å². The molecule has 0 unspecified atom stereocenters. The van der Waals surface area contributed by atoms with Crippen LogP contribution < -0.4 is 15.8 Å². The van der Waals surface area contributed by atoms with E-state index < -0.39 is 0 Å². The van der Waals surface area contributed by atoms with Crippen LogP contribution >= 0.6 is 0 Å². The Kier molecular flexibility index (Phi) is 8.19. The average Bonchev–Trinajstić information content (AvgIpc) is 3.18. The number of rotatable bonds is 7. The number of hydrogen-bond donors (Lipinski definition) is 1. The van der Waals surface area contributed by atoms with E-state index in [-0.39, 0.29) is 17.1 Å². The van der Waals surface area contributed by atoms with Crippen molar-refractivity contribution in [2.45, 2.75) is 46.2 Å². The van der Waals surface area contributed by atoms with Gasteiger partial charge in [-0.15, -0.1) is 0 Å². The number of hydrazone groups is 1. The average molecular weight is 534 g/mol. The number of hydrogen-bond acceptors (Lipinski definition) is 9. The number of nitrogens with one attached hydrogen (secondary N) is 1. The summed E-state index contributed by atoms with van der Waals surface area (Å²) in [5.41, 5.74) is 1.90. The van der Waals surface area contributed by atoms with Crippen molar-refractivity contribution in [1.82, 2.24) is 29.2 Å². The number of anilines is 3. The summed E-state index contributed by atoms with van der Waals surface area (Å²) in [6.45, 7) is 14.0. The van der Waals surface area contributed by atoms with Crippen molar-refractivity contribution >= 4 is 40.5 Å². The van der Waals surface area contributed by atoms with Gasteiger partial charge in [0.2, 0.25) is 5.95 Å². The summed E-state index contributed by atoms with van der Waals surface area (Å²) in [4.78, 5) is 38.5. The van der Waals surface area contributed by atoms with Crippen molar-refractivity contribution < 1.29 is 4.79 Å². The molecule has 3 heterocycles. The van der Waals surface area contributed by atoms with Crippen LogP contribution in [0.3, 0.4) is 0 Å². The Balaban J connectivity index is 1.74. The third-order valence-electron chi connectivity index (χ3n) is 6.87. The van der Waals surface area contributed by atoms with Crippen molar-refractivity contribution in [3.8, 4) is 0 Å². The minimum Gasteiger partial charge on any atom is -0.369 e. The van der Waals surface area contributed by atoms with Crippen LogP contribution in [0.1, 0.15) is 40.7 Å². The summed E-state index contributed by atoms with van der Waals surface area (Å²) >= 11 is 0. The first-order chi connectivity index (χ1) is 18.5. The van der Waals surface area contributed by atoms with Gasteiger partial charge >= 0.3 is 0 Å². The lowest BCUT2D eigenvalue weighted by Crippen LogP contribution is -2.44. The maximum atomic E-state index is 13.4. The number of aromatic nitrogens is 4. The van der Waals surface area contributed by atoms with Gasteiger partial charge in [-0.05, 0) is 78.1 Å². The monoisotopic (exact) mass is 533 g/mol. The molecule has 4 rings (SSSR count). The molecular weight excluding hydrogens is 494 g/mol. The quantitative estimate of drug-likeness (QED) is 0.162. The van der Waals surface area contributed by atoms with Gasteiger partial charge in [0, 0.05) is 62.4 Å². The predicted molar refractivity (Wildman–Crippen MR) is 157 cm³/mol. The molecule has 208 valence electrons. The highest BCUT2D eigenvalue weighted by molar-refractivity contribution is 6.01. The molecule has 0 atom stereocenters. The molecule has 1 aliphatic heterocycles. The van der Waals surface area contributed by atoms with Crippen LogP contribution in [0.15, 0.2) is 52.5 Å². The van der Waals surface area contributed by atoms with Crippen LogP contribution in [0.5, 0.6) is 0 Å². The van der Waals surface area contributed by atoms with E-state index in [0.717, 1.165) is 31.9 Å². The van der Waals surface area contributed by atoms with Gasteiger partial charge in [-0.1, -0.05) is 0 Å². The fourth-order valence-corrected chi connectivity index (χ4v) is 4.27. The van der Waals surface area contributed by atoms with Crippen LogP contribution in [0.25, 0.3) is 11.0 Å². The van der Waals surface area contributed by atoms with Crippen molar-refractivity contribution in [2.75, 3.05) is 50.5 Å². The molecule has 0 bridgehead atoms. The fraction of sp³-hybridized carbons (Fsp3) is 0.464. The molecule has 11 heteroatoms. The van der Waals surface area contributed by atoms with Gasteiger partial charge in [0.05, 0.1) is 0 Å². The van der Waals surface area contributed by atoms with E-state index in [1.165, 1.54) is 18.0 Å². The number of nitrogens with zero attached hydrogens (tertiary/aromatic N) is 8. The second kappa shape index (κ2) is 11.4.